The Balaban J connectivity index is 2.15. The molecule has 2 rings (SSSR count). The quantitative estimate of drug-likeness (QED) is 0.849. The van der Waals surface area contributed by atoms with Gasteiger partial charge in [-0.3, -0.25) is 9.59 Å². The zero-order valence-corrected chi connectivity index (χ0v) is 10.5. The molecule has 0 unspecified atom stereocenters. The minimum atomic E-state index is -0.625. The lowest BCUT2D eigenvalue weighted by Gasteiger charge is -2.15. The molecule has 0 bridgehead atoms. The summed E-state index contributed by atoms with van der Waals surface area (Å²) < 4.78 is 13.8. The van der Waals surface area contributed by atoms with Gasteiger partial charge in [-0.15, -0.1) is 0 Å². The van der Waals surface area contributed by atoms with Crippen molar-refractivity contribution in [3.63, 3.8) is 0 Å². The van der Waals surface area contributed by atoms with Gasteiger partial charge < -0.3 is 10.2 Å². The van der Waals surface area contributed by atoms with E-state index in [2.05, 4.69) is 11.9 Å². The van der Waals surface area contributed by atoms with Gasteiger partial charge in [-0.25, -0.2) is 4.39 Å². The van der Waals surface area contributed by atoms with Gasteiger partial charge in [0.05, 0.1) is 5.69 Å². The Morgan fingerprint density at radius 1 is 1.32 bits per heavy atom. The monoisotopic (exact) mass is 262 g/mol. The SMILES string of the molecule is C=CC(=O)Nc1ccc(C(=O)N2CCCC2)cc1F. The zero-order chi connectivity index (χ0) is 13.8. The molecule has 1 aliphatic heterocycles. The summed E-state index contributed by atoms with van der Waals surface area (Å²) in [5, 5.41) is 2.34. The lowest BCUT2D eigenvalue weighted by atomic mass is 10.1. The first kappa shape index (κ1) is 13.3. The first-order valence-electron chi connectivity index (χ1n) is 6.14. The Bertz CT molecular complexity index is 522. The van der Waals surface area contributed by atoms with Gasteiger partial charge in [0, 0.05) is 18.7 Å². The minimum absolute atomic E-state index is 0.0443. The number of carbonyl (C=O) groups excluding carboxylic acids is 2. The normalized spacial score (nSPS) is 14.3. The molecule has 2 amide bonds. The fraction of sp³-hybridized carbons (Fsp3) is 0.286. The van der Waals surface area contributed by atoms with Gasteiger partial charge in [-0.2, -0.15) is 0 Å². The van der Waals surface area contributed by atoms with Crippen LogP contribution in [0.3, 0.4) is 0 Å². The van der Waals surface area contributed by atoms with Crippen LogP contribution in [-0.4, -0.2) is 29.8 Å². The van der Waals surface area contributed by atoms with Crippen LogP contribution in [-0.2, 0) is 4.79 Å². The Morgan fingerprint density at radius 3 is 2.58 bits per heavy atom. The molecule has 1 aliphatic rings. The zero-order valence-electron chi connectivity index (χ0n) is 10.5. The van der Waals surface area contributed by atoms with Crippen molar-refractivity contribution in [3.05, 3.63) is 42.2 Å². The van der Waals surface area contributed by atoms with Crippen LogP contribution in [0.5, 0.6) is 0 Å². The highest BCUT2D eigenvalue weighted by molar-refractivity contribution is 6.00. The highest BCUT2D eigenvalue weighted by Gasteiger charge is 2.20. The van der Waals surface area contributed by atoms with Gasteiger partial charge in [-0.05, 0) is 37.1 Å². The second-order valence-corrected chi connectivity index (χ2v) is 4.39. The van der Waals surface area contributed by atoms with E-state index in [9.17, 15) is 14.0 Å². The summed E-state index contributed by atoms with van der Waals surface area (Å²) in [6.07, 6.45) is 3.03. The molecule has 0 radical (unpaired) electrons. The number of amides is 2. The summed E-state index contributed by atoms with van der Waals surface area (Å²) >= 11 is 0. The van der Waals surface area contributed by atoms with Crippen LogP contribution in [0, 0.1) is 5.82 Å². The molecule has 1 fully saturated rings. The summed E-state index contributed by atoms with van der Waals surface area (Å²) in [6, 6.07) is 4.06. The van der Waals surface area contributed by atoms with E-state index in [-0.39, 0.29) is 11.6 Å². The molecule has 1 saturated heterocycles. The molecule has 0 aliphatic carbocycles. The number of nitrogens with one attached hydrogen (secondary N) is 1. The van der Waals surface area contributed by atoms with E-state index in [0.29, 0.717) is 5.56 Å². The smallest absolute Gasteiger partial charge is 0.253 e. The van der Waals surface area contributed by atoms with E-state index in [1.807, 2.05) is 0 Å². The molecule has 100 valence electrons. The predicted molar refractivity (Wildman–Crippen MR) is 70.4 cm³/mol. The Kier molecular flexibility index (Phi) is 3.94. The number of halogens is 1. The Hall–Kier alpha value is -2.17. The molecule has 0 aromatic heterocycles. The number of carbonyl (C=O) groups is 2. The average molecular weight is 262 g/mol. The van der Waals surface area contributed by atoms with Gasteiger partial charge in [0.2, 0.25) is 5.91 Å². The number of nitrogens with zero attached hydrogens (tertiary/aromatic N) is 1. The van der Waals surface area contributed by atoms with E-state index < -0.39 is 11.7 Å². The van der Waals surface area contributed by atoms with Crippen molar-refractivity contribution in [1.82, 2.24) is 4.90 Å². The Morgan fingerprint density at radius 2 is 2.00 bits per heavy atom. The highest BCUT2D eigenvalue weighted by atomic mass is 19.1. The third kappa shape index (κ3) is 2.99. The molecular weight excluding hydrogens is 247 g/mol. The second-order valence-electron chi connectivity index (χ2n) is 4.39. The number of rotatable bonds is 3. The van der Waals surface area contributed by atoms with Crippen molar-refractivity contribution in [2.75, 3.05) is 18.4 Å². The van der Waals surface area contributed by atoms with Crippen LogP contribution < -0.4 is 5.32 Å². The largest absolute Gasteiger partial charge is 0.339 e. The van der Waals surface area contributed by atoms with Gasteiger partial charge in [-0.1, -0.05) is 6.58 Å². The first-order chi connectivity index (χ1) is 9.11. The lowest BCUT2D eigenvalue weighted by Crippen LogP contribution is -2.27. The maximum absolute atomic E-state index is 13.8. The summed E-state index contributed by atoms with van der Waals surface area (Å²) in [4.78, 5) is 24.8. The van der Waals surface area contributed by atoms with Crippen molar-refractivity contribution in [1.29, 1.82) is 0 Å². The van der Waals surface area contributed by atoms with Crippen LogP contribution in [0.4, 0.5) is 10.1 Å². The summed E-state index contributed by atoms with van der Waals surface area (Å²) in [5.74, 6) is -1.28. The molecule has 0 spiro atoms. The number of benzene rings is 1. The average Bonchev–Trinajstić information content (AvgIpc) is 2.94. The fourth-order valence-corrected chi connectivity index (χ4v) is 2.04. The van der Waals surface area contributed by atoms with E-state index >= 15 is 0 Å². The number of anilines is 1. The van der Waals surface area contributed by atoms with Crippen molar-refractivity contribution >= 4 is 17.5 Å². The van der Waals surface area contributed by atoms with Gasteiger partial charge in [0.1, 0.15) is 5.82 Å². The van der Waals surface area contributed by atoms with E-state index in [0.717, 1.165) is 38.1 Å². The van der Waals surface area contributed by atoms with Crippen LogP contribution >= 0.6 is 0 Å². The summed E-state index contributed by atoms with van der Waals surface area (Å²) in [6.45, 7) is 4.72. The molecule has 0 atom stereocenters. The molecule has 4 nitrogen and oxygen atoms in total. The van der Waals surface area contributed by atoms with Crippen molar-refractivity contribution in [2.45, 2.75) is 12.8 Å². The number of hydrogen-bond acceptors (Lipinski definition) is 2. The molecule has 0 saturated carbocycles. The minimum Gasteiger partial charge on any atom is -0.339 e. The highest BCUT2D eigenvalue weighted by Crippen LogP contribution is 2.19. The van der Waals surface area contributed by atoms with Gasteiger partial charge >= 0.3 is 0 Å². The molecule has 1 aromatic rings. The molecule has 1 aromatic carbocycles. The maximum Gasteiger partial charge on any atom is 0.253 e. The van der Waals surface area contributed by atoms with Crippen LogP contribution in [0.2, 0.25) is 0 Å². The Labute approximate surface area is 110 Å². The maximum atomic E-state index is 13.8. The van der Waals surface area contributed by atoms with E-state index in [4.69, 9.17) is 0 Å². The topological polar surface area (TPSA) is 49.4 Å². The molecule has 5 heteroatoms. The van der Waals surface area contributed by atoms with E-state index in [1.165, 1.54) is 12.1 Å². The van der Waals surface area contributed by atoms with Gasteiger partial charge in [0.25, 0.3) is 5.91 Å². The first-order valence-corrected chi connectivity index (χ1v) is 6.14. The predicted octanol–water partition coefficient (Wildman–Crippen LogP) is 2.19. The van der Waals surface area contributed by atoms with Crippen molar-refractivity contribution in [3.8, 4) is 0 Å². The van der Waals surface area contributed by atoms with Crippen LogP contribution in [0.15, 0.2) is 30.9 Å². The molecule has 19 heavy (non-hydrogen) atoms. The van der Waals surface area contributed by atoms with E-state index in [1.54, 1.807) is 4.90 Å². The van der Waals surface area contributed by atoms with Gasteiger partial charge in [0.15, 0.2) is 0 Å². The fourth-order valence-electron chi connectivity index (χ4n) is 2.04. The number of hydrogen-bond donors (Lipinski definition) is 1. The standard InChI is InChI=1S/C14H15FN2O2/c1-2-13(18)16-12-6-5-10(9-11(12)15)14(19)17-7-3-4-8-17/h2,5-6,9H,1,3-4,7-8H2,(H,16,18). The summed E-state index contributed by atoms with van der Waals surface area (Å²) in [5.41, 5.74) is 0.346. The van der Waals surface area contributed by atoms with Crippen LogP contribution in [0.25, 0.3) is 0 Å². The summed E-state index contributed by atoms with van der Waals surface area (Å²) in [7, 11) is 0. The lowest BCUT2D eigenvalue weighted by molar-refractivity contribution is -0.111. The third-order valence-electron chi connectivity index (χ3n) is 3.05. The number of likely N-dealkylation sites (tertiary alicyclic amines) is 1. The van der Waals surface area contributed by atoms with Crippen molar-refractivity contribution in [2.24, 2.45) is 0 Å². The third-order valence-corrected chi connectivity index (χ3v) is 3.05. The molecule has 1 N–H and O–H groups in total. The van der Waals surface area contributed by atoms with Crippen molar-refractivity contribution < 1.29 is 14.0 Å². The molecule has 1 heterocycles. The van der Waals surface area contributed by atoms with Crippen LogP contribution in [0.1, 0.15) is 23.2 Å². The molecular formula is C14H15FN2O2. The second kappa shape index (κ2) is 5.65.